The Morgan fingerprint density at radius 3 is 2.76 bits per heavy atom. The predicted octanol–water partition coefficient (Wildman–Crippen LogP) is 3.61. The molecule has 4 rings (SSSR count). The van der Waals surface area contributed by atoms with Crippen LogP contribution in [-0.2, 0) is 6.54 Å². The van der Waals surface area contributed by atoms with E-state index in [-0.39, 0.29) is 6.79 Å². The quantitative estimate of drug-likeness (QED) is 0.723. The highest BCUT2D eigenvalue weighted by Gasteiger charge is 2.13. The number of ether oxygens (including phenoxy) is 2. The summed E-state index contributed by atoms with van der Waals surface area (Å²) in [5.41, 5.74) is 1.90. The summed E-state index contributed by atoms with van der Waals surface area (Å²) in [5, 5.41) is 15.0. The van der Waals surface area contributed by atoms with Crippen LogP contribution in [0.1, 0.15) is 5.56 Å². The number of benzene rings is 2. The number of halogens is 1. The van der Waals surface area contributed by atoms with Crippen LogP contribution in [0, 0.1) is 0 Å². The minimum Gasteiger partial charge on any atom is -0.454 e. The molecule has 1 aliphatic rings. The van der Waals surface area contributed by atoms with Crippen LogP contribution < -0.4 is 20.1 Å². The van der Waals surface area contributed by atoms with E-state index in [0.29, 0.717) is 29.1 Å². The molecule has 0 unspecified atom stereocenters. The Kier molecular flexibility index (Phi) is 4.22. The Bertz CT molecular complexity index is 888. The lowest BCUT2D eigenvalue weighted by Crippen LogP contribution is -2.06. The molecule has 2 heterocycles. The second kappa shape index (κ2) is 6.82. The van der Waals surface area contributed by atoms with Crippen LogP contribution in [0.3, 0.4) is 0 Å². The molecule has 2 N–H and O–H groups in total. The summed E-state index contributed by atoms with van der Waals surface area (Å²) in [4.78, 5) is 4.40. The molecule has 0 fully saturated rings. The average Bonchev–Trinajstić information content (AvgIpc) is 3.09. The van der Waals surface area contributed by atoms with Gasteiger partial charge >= 0.3 is 0 Å². The Hall–Kier alpha value is -3.06. The van der Waals surface area contributed by atoms with E-state index in [1.54, 1.807) is 6.20 Å². The second-order valence-electron chi connectivity index (χ2n) is 5.34. The van der Waals surface area contributed by atoms with E-state index < -0.39 is 0 Å². The molecule has 0 saturated carbocycles. The maximum absolute atomic E-state index is 5.88. The Morgan fingerprint density at radius 1 is 1.04 bits per heavy atom. The maximum atomic E-state index is 5.88. The van der Waals surface area contributed by atoms with Gasteiger partial charge in [0, 0.05) is 23.3 Å². The van der Waals surface area contributed by atoms with Crippen LogP contribution in [0.4, 0.5) is 17.5 Å². The van der Waals surface area contributed by atoms with E-state index in [1.807, 2.05) is 42.5 Å². The third kappa shape index (κ3) is 3.72. The van der Waals surface area contributed by atoms with Gasteiger partial charge in [-0.3, -0.25) is 0 Å². The van der Waals surface area contributed by atoms with Gasteiger partial charge in [0.2, 0.25) is 12.7 Å². The van der Waals surface area contributed by atoms with Crippen LogP contribution in [0.25, 0.3) is 0 Å². The van der Waals surface area contributed by atoms with E-state index in [1.165, 1.54) is 0 Å². The van der Waals surface area contributed by atoms with Crippen molar-refractivity contribution in [3.63, 3.8) is 0 Å². The van der Waals surface area contributed by atoms with Crippen LogP contribution >= 0.6 is 11.6 Å². The first-order valence-corrected chi connectivity index (χ1v) is 7.99. The molecule has 2 aromatic carbocycles. The van der Waals surface area contributed by atoms with Crippen molar-refractivity contribution in [1.82, 2.24) is 15.2 Å². The van der Waals surface area contributed by atoms with Gasteiger partial charge in [0.05, 0.1) is 6.20 Å². The van der Waals surface area contributed by atoms with Crippen LogP contribution in [0.5, 0.6) is 11.5 Å². The molecular formula is C17H14ClN5O2. The molecule has 0 bridgehead atoms. The molecule has 0 saturated heterocycles. The lowest BCUT2D eigenvalue weighted by molar-refractivity contribution is 0.174. The summed E-state index contributed by atoms with van der Waals surface area (Å²) < 4.78 is 10.7. The van der Waals surface area contributed by atoms with E-state index in [4.69, 9.17) is 21.1 Å². The molecular weight excluding hydrogens is 342 g/mol. The summed E-state index contributed by atoms with van der Waals surface area (Å²) in [6.07, 6.45) is 1.55. The average molecular weight is 356 g/mol. The fourth-order valence-electron chi connectivity index (χ4n) is 2.34. The number of aromatic nitrogens is 3. The third-order valence-corrected chi connectivity index (χ3v) is 3.82. The lowest BCUT2D eigenvalue weighted by Gasteiger charge is -2.08. The van der Waals surface area contributed by atoms with E-state index in [9.17, 15) is 0 Å². The molecule has 0 spiro atoms. The van der Waals surface area contributed by atoms with E-state index >= 15 is 0 Å². The van der Waals surface area contributed by atoms with Crippen molar-refractivity contribution < 1.29 is 9.47 Å². The van der Waals surface area contributed by atoms with E-state index in [0.717, 1.165) is 17.0 Å². The first kappa shape index (κ1) is 15.5. The normalized spacial score (nSPS) is 12.0. The first-order chi connectivity index (χ1) is 12.3. The number of nitrogens with one attached hydrogen (secondary N) is 2. The van der Waals surface area contributed by atoms with Gasteiger partial charge in [-0.2, -0.15) is 10.1 Å². The zero-order valence-electron chi connectivity index (χ0n) is 13.1. The SMILES string of the molecule is Clc1ccc(CNc2nncc(Nc3ccc4c(c3)OCO4)n2)cc1. The maximum Gasteiger partial charge on any atom is 0.244 e. The number of nitrogens with zero attached hydrogens (tertiary/aromatic N) is 3. The molecule has 0 aliphatic carbocycles. The molecule has 8 heteroatoms. The van der Waals surface area contributed by atoms with Gasteiger partial charge in [0.1, 0.15) is 0 Å². The van der Waals surface area contributed by atoms with Gasteiger partial charge in [-0.1, -0.05) is 23.7 Å². The molecule has 1 aromatic heterocycles. The number of hydrogen-bond acceptors (Lipinski definition) is 7. The molecule has 25 heavy (non-hydrogen) atoms. The molecule has 0 radical (unpaired) electrons. The number of rotatable bonds is 5. The zero-order chi connectivity index (χ0) is 17.1. The van der Waals surface area contributed by atoms with Crippen molar-refractivity contribution in [2.75, 3.05) is 17.4 Å². The summed E-state index contributed by atoms with van der Waals surface area (Å²) in [6, 6.07) is 13.2. The van der Waals surface area contributed by atoms with E-state index in [2.05, 4.69) is 25.8 Å². The Morgan fingerprint density at radius 2 is 1.88 bits per heavy atom. The van der Waals surface area contributed by atoms with Crippen molar-refractivity contribution in [3.8, 4) is 11.5 Å². The smallest absolute Gasteiger partial charge is 0.244 e. The minimum absolute atomic E-state index is 0.243. The Balaban J connectivity index is 1.43. The fraction of sp³-hybridized carbons (Fsp3) is 0.118. The fourth-order valence-corrected chi connectivity index (χ4v) is 2.47. The van der Waals surface area contributed by atoms with Crippen molar-refractivity contribution in [3.05, 3.63) is 59.2 Å². The number of hydrogen-bond donors (Lipinski definition) is 2. The van der Waals surface area contributed by atoms with Crippen LogP contribution in [0.2, 0.25) is 5.02 Å². The number of anilines is 3. The first-order valence-electron chi connectivity index (χ1n) is 7.61. The third-order valence-electron chi connectivity index (χ3n) is 3.57. The van der Waals surface area contributed by atoms with Crippen molar-refractivity contribution >= 4 is 29.1 Å². The van der Waals surface area contributed by atoms with Gasteiger partial charge in [0.15, 0.2) is 17.3 Å². The molecule has 1 aliphatic heterocycles. The topological polar surface area (TPSA) is 81.2 Å². The van der Waals surface area contributed by atoms with Gasteiger partial charge in [0.25, 0.3) is 0 Å². The van der Waals surface area contributed by atoms with Crippen molar-refractivity contribution in [2.45, 2.75) is 6.54 Å². The molecule has 0 atom stereocenters. The standard InChI is InChI=1S/C17H14ClN5O2/c18-12-3-1-11(2-4-12)8-19-17-22-16(9-20-23-17)21-13-5-6-14-15(7-13)25-10-24-14/h1-7,9H,8,10H2,(H2,19,21,22,23). The summed E-state index contributed by atoms with van der Waals surface area (Å²) in [5.74, 6) is 2.44. The van der Waals surface area contributed by atoms with Crippen molar-refractivity contribution in [1.29, 1.82) is 0 Å². The van der Waals surface area contributed by atoms with Crippen LogP contribution in [0.15, 0.2) is 48.7 Å². The highest BCUT2D eigenvalue weighted by Crippen LogP contribution is 2.34. The summed E-state index contributed by atoms with van der Waals surface area (Å²) >= 11 is 5.88. The van der Waals surface area contributed by atoms with Crippen LogP contribution in [-0.4, -0.2) is 22.0 Å². The highest BCUT2D eigenvalue weighted by atomic mass is 35.5. The molecule has 126 valence electrons. The number of fused-ring (bicyclic) bond motifs is 1. The lowest BCUT2D eigenvalue weighted by atomic mass is 10.2. The highest BCUT2D eigenvalue weighted by molar-refractivity contribution is 6.30. The van der Waals surface area contributed by atoms with Gasteiger partial charge in [-0.25, -0.2) is 0 Å². The second-order valence-corrected chi connectivity index (χ2v) is 5.77. The summed E-state index contributed by atoms with van der Waals surface area (Å²) in [6.45, 7) is 0.818. The zero-order valence-corrected chi connectivity index (χ0v) is 13.8. The van der Waals surface area contributed by atoms with Gasteiger partial charge < -0.3 is 20.1 Å². The largest absolute Gasteiger partial charge is 0.454 e. The molecule has 7 nitrogen and oxygen atoms in total. The van der Waals surface area contributed by atoms with Gasteiger partial charge in [-0.05, 0) is 29.8 Å². The molecule has 0 amide bonds. The van der Waals surface area contributed by atoms with Crippen molar-refractivity contribution in [2.24, 2.45) is 0 Å². The Labute approximate surface area is 149 Å². The monoisotopic (exact) mass is 355 g/mol. The van der Waals surface area contributed by atoms with Gasteiger partial charge in [-0.15, -0.1) is 5.10 Å². The predicted molar refractivity (Wildman–Crippen MR) is 94.5 cm³/mol. The summed E-state index contributed by atoms with van der Waals surface area (Å²) in [7, 11) is 0. The minimum atomic E-state index is 0.243. The molecule has 3 aromatic rings.